The van der Waals surface area contributed by atoms with E-state index in [9.17, 15) is 0 Å². The van der Waals surface area contributed by atoms with Crippen LogP contribution in [-0.2, 0) is 5.54 Å². The third kappa shape index (κ3) is 3.35. The van der Waals surface area contributed by atoms with Crippen molar-refractivity contribution in [2.24, 2.45) is 4.99 Å². The number of fused-ring (bicyclic) bond motifs is 6. The number of benzene rings is 5. The zero-order valence-corrected chi connectivity index (χ0v) is 21.4. The van der Waals surface area contributed by atoms with Gasteiger partial charge in [-0.3, -0.25) is 4.57 Å². The number of hydrogen-bond donors (Lipinski definition) is 1. The summed E-state index contributed by atoms with van der Waals surface area (Å²) >= 11 is 0. The lowest BCUT2D eigenvalue weighted by Gasteiger charge is -2.31. The Kier molecular flexibility index (Phi) is 4.62. The third-order valence-electron chi connectivity index (χ3n) is 7.84. The zero-order valence-electron chi connectivity index (χ0n) is 21.4. The molecule has 0 bridgehead atoms. The molecule has 0 saturated carbocycles. The van der Waals surface area contributed by atoms with Crippen LogP contribution in [0.1, 0.15) is 18.1 Å². The molecule has 1 aliphatic rings. The Morgan fingerprint density at radius 2 is 1.33 bits per heavy atom. The minimum absolute atomic E-state index is 0.561. The predicted molar refractivity (Wildman–Crippen MR) is 161 cm³/mol. The molecular formula is C35H25N3O. The second-order valence-electron chi connectivity index (χ2n) is 10.3. The van der Waals surface area contributed by atoms with Crippen molar-refractivity contribution in [2.75, 3.05) is 0 Å². The van der Waals surface area contributed by atoms with Crippen molar-refractivity contribution in [2.45, 2.75) is 12.5 Å². The van der Waals surface area contributed by atoms with E-state index in [2.05, 4.69) is 120 Å². The molecule has 0 amide bonds. The van der Waals surface area contributed by atoms with Gasteiger partial charge in [-0.1, -0.05) is 97.1 Å². The summed E-state index contributed by atoms with van der Waals surface area (Å²) in [7, 11) is 0. The van der Waals surface area contributed by atoms with E-state index in [1.165, 1.54) is 10.8 Å². The Balaban J connectivity index is 1.43. The first-order valence-corrected chi connectivity index (χ1v) is 13.2. The van der Waals surface area contributed by atoms with Crippen LogP contribution in [-0.4, -0.2) is 10.5 Å². The van der Waals surface area contributed by atoms with Gasteiger partial charge in [0.05, 0.1) is 11.0 Å². The number of nitrogens with zero attached hydrogens (tertiary/aromatic N) is 2. The average Bonchev–Trinajstić information content (AvgIpc) is 3.51. The van der Waals surface area contributed by atoms with Crippen LogP contribution in [0.15, 0.2) is 137 Å². The molecular weight excluding hydrogens is 478 g/mol. The van der Waals surface area contributed by atoms with Gasteiger partial charge in [0, 0.05) is 33.3 Å². The summed E-state index contributed by atoms with van der Waals surface area (Å²) < 4.78 is 8.56. The van der Waals surface area contributed by atoms with Crippen LogP contribution < -0.4 is 5.32 Å². The van der Waals surface area contributed by atoms with Crippen molar-refractivity contribution >= 4 is 55.4 Å². The largest absolute Gasteiger partial charge is 0.456 e. The molecule has 3 heterocycles. The van der Waals surface area contributed by atoms with Gasteiger partial charge in [-0.25, -0.2) is 4.99 Å². The number of aromatic nitrogens is 1. The van der Waals surface area contributed by atoms with Crippen LogP contribution in [0.4, 0.5) is 0 Å². The number of rotatable bonds is 2. The van der Waals surface area contributed by atoms with E-state index in [1.807, 2.05) is 24.3 Å². The van der Waals surface area contributed by atoms with Gasteiger partial charge in [0.15, 0.2) is 0 Å². The molecule has 0 spiro atoms. The monoisotopic (exact) mass is 503 g/mol. The van der Waals surface area contributed by atoms with Gasteiger partial charge < -0.3 is 9.73 Å². The van der Waals surface area contributed by atoms with E-state index < -0.39 is 5.54 Å². The lowest BCUT2D eigenvalue weighted by molar-refractivity contribution is 0.617. The predicted octanol–water partition coefficient (Wildman–Crippen LogP) is 8.46. The molecule has 8 rings (SSSR count). The van der Waals surface area contributed by atoms with E-state index in [4.69, 9.17) is 9.41 Å². The normalized spacial score (nSPS) is 17.5. The average molecular weight is 504 g/mol. The summed E-state index contributed by atoms with van der Waals surface area (Å²) in [5, 5.41) is 8.31. The van der Waals surface area contributed by atoms with Gasteiger partial charge >= 0.3 is 0 Å². The summed E-state index contributed by atoms with van der Waals surface area (Å²) in [6.45, 7) is 2.18. The highest BCUT2D eigenvalue weighted by Crippen LogP contribution is 2.39. The van der Waals surface area contributed by atoms with Crippen molar-refractivity contribution in [1.29, 1.82) is 0 Å². The molecule has 4 nitrogen and oxygen atoms in total. The highest BCUT2D eigenvalue weighted by Gasteiger charge is 2.31. The van der Waals surface area contributed by atoms with E-state index in [1.54, 1.807) is 0 Å². The fraction of sp³-hybridized carbons (Fsp3) is 0.0571. The SMILES string of the molecule is CC1(c2ccccc2)C=C(c2ccccc2)NC(n2c3ccccc3c3cc4c(cc32)oc2ccccc24)=N1. The molecule has 39 heavy (non-hydrogen) atoms. The first-order valence-electron chi connectivity index (χ1n) is 13.2. The van der Waals surface area contributed by atoms with E-state index in [0.717, 1.165) is 55.8 Å². The number of hydrogen-bond acceptors (Lipinski definition) is 3. The van der Waals surface area contributed by atoms with Crippen molar-refractivity contribution in [3.05, 3.63) is 139 Å². The first-order chi connectivity index (χ1) is 19.2. The summed E-state index contributed by atoms with van der Waals surface area (Å²) in [6.07, 6.45) is 2.23. The molecule has 186 valence electrons. The summed E-state index contributed by atoms with van der Waals surface area (Å²) in [6, 6.07) is 42.2. The molecule has 1 unspecified atom stereocenters. The quantitative estimate of drug-likeness (QED) is 0.257. The maximum Gasteiger partial charge on any atom is 0.209 e. The van der Waals surface area contributed by atoms with Gasteiger partial charge in [-0.2, -0.15) is 0 Å². The summed E-state index contributed by atoms with van der Waals surface area (Å²) in [4.78, 5) is 5.39. The molecule has 2 aromatic heterocycles. The zero-order chi connectivity index (χ0) is 26.0. The Bertz CT molecular complexity index is 2100. The second-order valence-corrected chi connectivity index (χ2v) is 10.3. The van der Waals surface area contributed by atoms with Crippen LogP contribution in [0.2, 0.25) is 0 Å². The van der Waals surface area contributed by atoms with Crippen LogP contribution >= 0.6 is 0 Å². The van der Waals surface area contributed by atoms with Crippen molar-refractivity contribution in [3.63, 3.8) is 0 Å². The van der Waals surface area contributed by atoms with Crippen LogP contribution in [0, 0.1) is 0 Å². The lowest BCUT2D eigenvalue weighted by Crippen LogP contribution is -2.37. The summed E-state index contributed by atoms with van der Waals surface area (Å²) in [5.74, 6) is 0.782. The van der Waals surface area contributed by atoms with Gasteiger partial charge in [0.25, 0.3) is 0 Å². The highest BCUT2D eigenvalue weighted by atomic mass is 16.3. The van der Waals surface area contributed by atoms with Gasteiger partial charge in [0.2, 0.25) is 5.96 Å². The Labute approximate surface area is 225 Å². The van der Waals surface area contributed by atoms with Crippen molar-refractivity contribution in [3.8, 4) is 0 Å². The van der Waals surface area contributed by atoms with Gasteiger partial charge in [-0.05, 0) is 42.3 Å². The van der Waals surface area contributed by atoms with Gasteiger partial charge in [-0.15, -0.1) is 0 Å². The molecule has 1 N–H and O–H groups in total. The molecule has 5 aromatic carbocycles. The number of para-hydroxylation sites is 2. The van der Waals surface area contributed by atoms with Gasteiger partial charge in [0.1, 0.15) is 16.7 Å². The van der Waals surface area contributed by atoms with Crippen LogP contribution in [0.5, 0.6) is 0 Å². The summed E-state index contributed by atoms with van der Waals surface area (Å²) in [5.41, 5.74) is 6.64. The smallest absolute Gasteiger partial charge is 0.209 e. The highest BCUT2D eigenvalue weighted by molar-refractivity contribution is 6.20. The molecule has 0 radical (unpaired) electrons. The minimum Gasteiger partial charge on any atom is -0.456 e. The van der Waals surface area contributed by atoms with Crippen molar-refractivity contribution in [1.82, 2.24) is 9.88 Å². The molecule has 4 heteroatoms. The Hall–Kier alpha value is -5.09. The van der Waals surface area contributed by atoms with Crippen molar-refractivity contribution < 1.29 is 4.42 Å². The lowest BCUT2D eigenvalue weighted by atomic mass is 9.89. The number of nitrogens with one attached hydrogen (secondary N) is 1. The third-order valence-corrected chi connectivity index (χ3v) is 7.84. The number of furan rings is 1. The van der Waals surface area contributed by atoms with Crippen LogP contribution in [0.3, 0.4) is 0 Å². The Morgan fingerprint density at radius 1 is 0.641 bits per heavy atom. The van der Waals surface area contributed by atoms with E-state index in [-0.39, 0.29) is 0 Å². The molecule has 1 atom stereocenters. The maximum absolute atomic E-state index is 6.31. The minimum atomic E-state index is -0.561. The molecule has 0 fully saturated rings. The topological polar surface area (TPSA) is 42.5 Å². The molecule has 1 aliphatic heterocycles. The number of aliphatic imine (C=N–C) groups is 1. The standard InChI is InChI=1S/C35H25N3O/c1-35(24-14-6-3-7-15-24)22-29(23-12-4-2-5-13-23)36-34(37-35)38-30-18-10-8-16-25(30)27-20-28-26-17-9-11-19-32(26)39-33(28)21-31(27)38/h2-22H,1H3,(H,36,37). The molecule has 7 aromatic rings. The fourth-order valence-electron chi connectivity index (χ4n) is 5.94. The van der Waals surface area contributed by atoms with E-state index >= 15 is 0 Å². The second kappa shape index (κ2) is 8.20. The fourth-order valence-corrected chi connectivity index (χ4v) is 5.94. The maximum atomic E-state index is 6.31. The van der Waals surface area contributed by atoms with E-state index in [0.29, 0.717) is 0 Å². The first kappa shape index (κ1) is 21.9. The molecule has 0 aliphatic carbocycles. The molecule has 0 saturated heterocycles. The Morgan fingerprint density at radius 3 is 2.15 bits per heavy atom. The van der Waals surface area contributed by atoms with Crippen LogP contribution in [0.25, 0.3) is 49.4 Å².